The van der Waals surface area contributed by atoms with Gasteiger partial charge in [0.2, 0.25) is 11.8 Å². The summed E-state index contributed by atoms with van der Waals surface area (Å²) >= 11 is 0. The van der Waals surface area contributed by atoms with Crippen LogP contribution in [-0.2, 0) is 14.3 Å². The van der Waals surface area contributed by atoms with Gasteiger partial charge in [0.05, 0.1) is 20.8 Å². The van der Waals surface area contributed by atoms with Crippen molar-refractivity contribution >= 4 is 11.7 Å². The van der Waals surface area contributed by atoms with E-state index in [-0.39, 0.29) is 11.7 Å². The Labute approximate surface area is 113 Å². The van der Waals surface area contributed by atoms with Gasteiger partial charge < -0.3 is 14.4 Å². The van der Waals surface area contributed by atoms with Gasteiger partial charge in [-0.25, -0.2) is 4.99 Å². The maximum absolute atomic E-state index is 12.2. The number of ketones is 1. The molecule has 2 aliphatic heterocycles. The Hall–Kier alpha value is -1.78. The number of allylic oxidation sites excluding steroid dienone is 1. The molecule has 1 fully saturated rings. The zero-order valence-electron chi connectivity index (χ0n) is 11.9. The highest BCUT2D eigenvalue weighted by atomic mass is 16.5. The first-order valence-corrected chi connectivity index (χ1v) is 6.36. The molecule has 0 spiro atoms. The van der Waals surface area contributed by atoms with Crippen molar-refractivity contribution in [3.63, 3.8) is 0 Å². The summed E-state index contributed by atoms with van der Waals surface area (Å²) in [6.45, 7) is 8.13. The van der Waals surface area contributed by atoms with E-state index in [4.69, 9.17) is 9.47 Å². The molecular weight excluding hydrogens is 244 g/mol. The van der Waals surface area contributed by atoms with Crippen LogP contribution in [0.1, 0.15) is 20.3 Å². The third-order valence-corrected chi connectivity index (χ3v) is 3.64. The number of hydrogen-bond acceptors (Lipinski definition) is 5. The molecule has 19 heavy (non-hydrogen) atoms. The molecular formula is C14H20N2O3. The number of rotatable bonds is 4. The lowest BCUT2D eigenvalue weighted by atomic mass is 9.78. The third-order valence-electron chi connectivity index (χ3n) is 3.64. The van der Waals surface area contributed by atoms with Gasteiger partial charge in [-0.05, 0) is 0 Å². The van der Waals surface area contributed by atoms with E-state index in [2.05, 4.69) is 11.6 Å². The van der Waals surface area contributed by atoms with Crippen molar-refractivity contribution in [2.24, 2.45) is 10.9 Å². The lowest BCUT2D eigenvalue weighted by molar-refractivity contribution is -0.143. The first kappa shape index (κ1) is 13.6. The average Bonchev–Trinajstić information content (AvgIpc) is 2.39. The summed E-state index contributed by atoms with van der Waals surface area (Å²) in [5.74, 6) is 1.38. The fraction of sp³-hybridized carbons (Fsp3) is 0.571. The Morgan fingerprint density at radius 1 is 1.47 bits per heavy atom. The fourth-order valence-corrected chi connectivity index (χ4v) is 2.66. The standard InChI is InChI=1S/C14H20N2O3/c1-6-7-14-10(17)8-16(14)12(18-4)11(9(2)3)15-13(14)19-5/h6,9H,1,7-8H2,2-5H3/t14-/m0/s1. The van der Waals surface area contributed by atoms with Gasteiger partial charge in [-0.15, -0.1) is 6.58 Å². The Kier molecular flexibility index (Phi) is 3.39. The highest BCUT2D eigenvalue weighted by molar-refractivity contribution is 6.17. The van der Waals surface area contributed by atoms with Gasteiger partial charge in [-0.3, -0.25) is 4.79 Å². The molecule has 0 N–H and O–H groups in total. The van der Waals surface area contributed by atoms with Crippen LogP contribution < -0.4 is 0 Å². The summed E-state index contributed by atoms with van der Waals surface area (Å²) in [6.07, 6.45) is 2.18. The minimum absolute atomic E-state index is 0.0883. The van der Waals surface area contributed by atoms with Crippen molar-refractivity contribution in [1.29, 1.82) is 0 Å². The molecule has 0 aromatic rings. The van der Waals surface area contributed by atoms with Crippen LogP contribution in [0.4, 0.5) is 0 Å². The number of nitrogens with zero attached hydrogens (tertiary/aromatic N) is 2. The summed E-state index contributed by atoms with van der Waals surface area (Å²) in [7, 11) is 3.15. The van der Waals surface area contributed by atoms with Crippen LogP contribution in [0.2, 0.25) is 0 Å². The number of fused-ring (bicyclic) bond motifs is 1. The van der Waals surface area contributed by atoms with Crippen molar-refractivity contribution in [1.82, 2.24) is 4.90 Å². The predicted molar refractivity (Wildman–Crippen MR) is 72.6 cm³/mol. The third kappa shape index (κ3) is 1.68. The van der Waals surface area contributed by atoms with E-state index < -0.39 is 5.54 Å². The molecule has 5 nitrogen and oxygen atoms in total. The zero-order chi connectivity index (χ0) is 14.2. The predicted octanol–water partition coefficient (Wildman–Crippen LogP) is 1.72. The summed E-state index contributed by atoms with van der Waals surface area (Å²) in [5, 5.41) is 0. The van der Waals surface area contributed by atoms with Crippen LogP contribution in [0, 0.1) is 5.92 Å². The highest BCUT2D eigenvalue weighted by Gasteiger charge is 2.61. The molecule has 1 saturated heterocycles. The van der Waals surface area contributed by atoms with Crippen molar-refractivity contribution in [3.05, 3.63) is 24.2 Å². The summed E-state index contributed by atoms with van der Waals surface area (Å²) in [5.41, 5.74) is -0.0354. The Morgan fingerprint density at radius 3 is 2.58 bits per heavy atom. The molecule has 2 aliphatic rings. The summed E-state index contributed by atoms with van der Waals surface area (Å²) < 4.78 is 10.8. The second kappa shape index (κ2) is 4.72. The molecule has 0 unspecified atom stereocenters. The molecule has 0 saturated carbocycles. The molecule has 0 aliphatic carbocycles. The quantitative estimate of drug-likeness (QED) is 0.725. The minimum atomic E-state index is -0.847. The van der Waals surface area contributed by atoms with Crippen LogP contribution in [-0.4, -0.2) is 42.9 Å². The van der Waals surface area contributed by atoms with Gasteiger partial charge in [-0.2, -0.15) is 0 Å². The van der Waals surface area contributed by atoms with E-state index >= 15 is 0 Å². The van der Waals surface area contributed by atoms with Crippen LogP contribution in [0.5, 0.6) is 0 Å². The summed E-state index contributed by atoms with van der Waals surface area (Å²) in [6, 6.07) is 0. The van der Waals surface area contributed by atoms with E-state index in [1.165, 1.54) is 0 Å². The number of hydrogen-bond donors (Lipinski definition) is 0. The fourth-order valence-electron chi connectivity index (χ4n) is 2.66. The number of ether oxygens (including phenoxy) is 2. The molecule has 0 bridgehead atoms. The van der Waals surface area contributed by atoms with Crippen molar-refractivity contribution in [2.75, 3.05) is 20.8 Å². The lowest BCUT2D eigenvalue weighted by Gasteiger charge is -2.53. The van der Waals surface area contributed by atoms with Crippen molar-refractivity contribution in [2.45, 2.75) is 25.8 Å². The number of Topliss-reactive ketones (excluding diaryl/α,β-unsaturated/α-hetero) is 1. The number of methoxy groups -OCH3 is 2. The molecule has 0 amide bonds. The van der Waals surface area contributed by atoms with E-state index in [0.29, 0.717) is 24.7 Å². The van der Waals surface area contributed by atoms with Gasteiger partial charge in [0.25, 0.3) is 0 Å². The molecule has 2 rings (SSSR count). The van der Waals surface area contributed by atoms with Crippen LogP contribution >= 0.6 is 0 Å². The molecule has 5 heteroatoms. The largest absolute Gasteiger partial charge is 0.482 e. The van der Waals surface area contributed by atoms with Gasteiger partial charge >= 0.3 is 0 Å². The van der Waals surface area contributed by atoms with Gasteiger partial charge in [0, 0.05) is 12.3 Å². The zero-order valence-corrected chi connectivity index (χ0v) is 11.9. The van der Waals surface area contributed by atoms with Crippen LogP contribution in [0.15, 0.2) is 29.2 Å². The first-order valence-electron chi connectivity index (χ1n) is 6.36. The number of aliphatic imine (C=N–C) groups is 1. The van der Waals surface area contributed by atoms with Crippen molar-refractivity contribution < 1.29 is 14.3 Å². The van der Waals surface area contributed by atoms with Gasteiger partial charge in [0.1, 0.15) is 5.70 Å². The molecule has 2 heterocycles. The SMILES string of the molecule is C=CC[C@@]12C(=O)CN1C(OC)=C(C(C)C)N=C2OC. The maximum Gasteiger partial charge on any atom is 0.223 e. The minimum Gasteiger partial charge on any atom is -0.482 e. The molecule has 0 radical (unpaired) electrons. The van der Waals surface area contributed by atoms with E-state index in [1.807, 2.05) is 18.7 Å². The van der Waals surface area contributed by atoms with Crippen LogP contribution in [0.3, 0.4) is 0 Å². The van der Waals surface area contributed by atoms with Gasteiger partial charge in [-0.1, -0.05) is 19.9 Å². The van der Waals surface area contributed by atoms with Crippen molar-refractivity contribution in [3.8, 4) is 0 Å². The number of carbonyl (C=O) groups excluding carboxylic acids is 1. The topological polar surface area (TPSA) is 51.1 Å². The van der Waals surface area contributed by atoms with E-state index in [0.717, 1.165) is 5.70 Å². The highest BCUT2D eigenvalue weighted by Crippen LogP contribution is 2.42. The second-order valence-corrected chi connectivity index (χ2v) is 5.03. The summed E-state index contributed by atoms with van der Waals surface area (Å²) in [4.78, 5) is 18.6. The van der Waals surface area contributed by atoms with Crippen LogP contribution in [0.25, 0.3) is 0 Å². The molecule has 0 aromatic heterocycles. The Morgan fingerprint density at radius 2 is 2.16 bits per heavy atom. The second-order valence-electron chi connectivity index (χ2n) is 5.03. The molecule has 0 aromatic carbocycles. The monoisotopic (exact) mass is 264 g/mol. The molecule has 1 atom stereocenters. The Bertz CT molecular complexity index is 479. The lowest BCUT2D eigenvalue weighted by Crippen LogP contribution is -2.73. The van der Waals surface area contributed by atoms with E-state index in [1.54, 1.807) is 20.3 Å². The first-order chi connectivity index (χ1) is 9.02. The maximum atomic E-state index is 12.2. The Balaban J connectivity index is 2.56. The van der Waals surface area contributed by atoms with E-state index in [9.17, 15) is 4.79 Å². The number of carbonyl (C=O) groups is 1. The smallest absolute Gasteiger partial charge is 0.223 e. The normalized spacial score (nSPS) is 25.8. The van der Waals surface area contributed by atoms with Gasteiger partial charge in [0.15, 0.2) is 11.3 Å². The average molecular weight is 264 g/mol. The molecule has 104 valence electrons.